The molecular weight excluding hydrogens is 290 g/mol. The van der Waals surface area contributed by atoms with Crippen molar-refractivity contribution in [3.63, 3.8) is 0 Å². The highest BCUT2D eigenvalue weighted by Gasteiger charge is 2.33. The van der Waals surface area contributed by atoms with E-state index in [4.69, 9.17) is 0 Å². The summed E-state index contributed by atoms with van der Waals surface area (Å²) in [6, 6.07) is 9.26. The van der Waals surface area contributed by atoms with E-state index in [9.17, 15) is 18.3 Å². The largest absolute Gasteiger partial charge is 0.385 e. The Morgan fingerprint density at radius 1 is 1.38 bits per heavy atom. The van der Waals surface area contributed by atoms with Gasteiger partial charge in [0, 0.05) is 6.54 Å². The van der Waals surface area contributed by atoms with Crippen molar-refractivity contribution >= 4 is 15.7 Å². The van der Waals surface area contributed by atoms with E-state index in [0.29, 0.717) is 19.4 Å². The van der Waals surface area contributed by atoms with E-state index in [1.54, 1.807) is 6.92 Å². The van der Waals surface area contributed by atoms with E-state index in [2.05, 4.69) is 5.32 Å². The van der Waals surface area contributed by atoms with Crippen molar-refractivity contribution in [3.8, 4) is 0 Å². The lowest BCUT2D eigenvalue weighted by atomic mass is 9.92. The number of aliphatic hydroxyl groups is 1. The number of nitrogens with one attached hydrogen (secondary N) is 1. The van der Waals surface area contributed by atoms with E-state index in [1.807, 2.05) is 30.3 Å². The topological polar surface area (TPSA) is 83.5 Å². The van der Waals surface area contributed by atoms with Crippen LogP contribution in [0.15, 0.2) is 30.3 Å². The van der Waals surface area contributed by atoms with Gasteiger partial charge in [0.15, 0.2) is 9.84 Å². The maximum absolute atomic E-state index is 11.9. The Morgan fingerprint density at radius 2 is 2.05 bits per heavy atom. The number of hydrogen-bond donors (Lipinski definition) is 2. The highest BCUT2D eigenvalue weighted by atomic mass is 32.2. The zero-order chi connectivity index (χ0) is 15.5. The second-order valence-corrected chi connectivity index (χ2v) is 8.01. The Bertz CT molecular complexity index is 595. The molecule has 1 amide bonds. The van der Waals surface area contributed by atoms with Gasteiger partial charge >= 0.3 is 0 Å². The summed E-state index contributed by atoms with van der Waals surface area (Å²) in [5.74, 6) is -0.655. The zero-order valence-corrected chi connectivity index (χ0v) is 12.9. The fourth-order valence-corrected chi connectivity index (χ4v) is 4.26. The second-order valence-electron chi connectivity index (χ2n) is 5.78. The summed E-state index contributed by atoms with van der Waals surface area (Å²) >= 11 is 0. The fourth-order valence-electron chi connectivity index (χ4n) is 2.52. The lowest BCUT2D eigenvalue weighted by Gasteiger charge is -2.24. The molecule has 6 heteroatoms. The molecule has 1 aromatic carbocycles. The Kier molecular flexibility index (Phi) is 4.68. The first-order valence-corrected chi connectivity index (χ1v) is 8.88. The summed E-state index contributed by atoms with van der Waals surface area (Å²) in [4.78, 5) is 11.9. The molecule has 0 aliphatic carbocycles. The van der Waals surface area contributed by atoms with Crippen LogP contribution in [0.25, 0.3) is 0 Å². The number of sulfone groups is 1. The van der Waals surface area contributed by atoms with E-state index >= 15 is 0 Å². The molecule has 1 aliphatic heterocycles. The predicted molar refractivity (Wildman–Crippen MR) is 80.4 cm³/mol. The standard InChI is InChI=1S/C15H21NO4S/c1-15(18,13-5-3-2-4-6-13)8-9-16-14(17)12-7-10-21(19,20)11-12/h2-6,12,18H,7-11H2,1H3,(H,16,17)/t12-,15+/m1/s1. The first-order chi connectivity index (χ1) is 9.80. The molecule has 1 fully saturated rings. The van der Waals surface area contributed by atoms with Gasteiger partial charge in [-0.1, -0.05) is 30.3 Å². The molecule has 2 atom stereocenters. The van der Waals surface area contributed by atoms with Crippen molar-refractivity contribution in [2.45, 2.75) is 25.4 Å². The average Bonchev–Trinajstić information content (AvgIpc) is 2.80. The molecule has 1 saturated heterocycles. The SMILES string of the molecule is C[C@](O)(CCNC(=O)[C@@H]1CCS(=O)(=O)C1)c1ccccc1. The molecule has 2 N–H and O–H groups in total. The van der Waals surface area contributed by atoms with E-state index in [1.165, 1.54) is 0 Å². The van der Waals surface area contributed by atoms with Crippen LogP contribution in [0.5, 0.6) is 0 Å². The number of benzene rings is 1. The normalized spacial score (nSPS) is 23.4. The Morgan fingerprint density at radius 3 is 2.62 bits per heavy atom. The first-order valence-electron chi connectivity index (χ1n) is 7.06. The third-order valence-corrected chi connectivity index (χ3v) is 5.68. The molecule has 21 heavy (non-hydrogen) atoms. The molecule has 1 aromatic rings. The van der Waals surface area contributed by atoms with Crippen molar-refractivity contribution in [1.29, 1.82) is 0 Å². The van der Waals surface area contributed by atoms with E-state index in [-0.39, 0.29) is 17.4 Å². The third-order valence-electron chi connectivity index (χ3n) is 3.91. The van der Waals surface area contributed by atoms with Crippen molar-refractivity contribution in [3.05, 3.63) is 35.9 Å². The monoisotopic (exact) mass is 311 g/mol. The maximum Gasteiger partial charge on any atom is 0.224 e. The number of carbonyl (C=O) groups excluding carboxylic acids is 1. The average molecular weight is 311 g/mol. The van der Waals surface area contributed by atoms with Crippen LogP contribution in [-0.4, -0.2) is 37.5 Å². The van der Waals surface area contributed by atoms with Crippen molar-refractivity contribution in [2.75, 3.05) is 18.1 Å². The molecule has 0 saturated carbocycles. The summed E-state index contributed by atoms with van der Waals surface area (Å²) in [7, 11) is -3.05. The van der Waals surface area contributed by atoms with Crippen molar-refractivity contribution in [1.82, 2.24) is 5.32 Å². The Hall–Kier alpha value is -1.40. The maximum atomic E-state index is 11.9. The van der Waals surface area contributed by atoms with Gasteiger partial charge < -0.3 is 10.4 Å². The molecule has 0 spiro atoms. The van der Waals surface area contributed by atoms with Crippen LogP contribution in [0.3, 0.4) is 0 Å². The summed E-state index contributed by atoms with van der Waals surface area (Å²) in [5, 5.41) is 13.1. The molecule has 0 unspecified atom stereocenters. The number of hydrogen-bond acceptors (Lipinski definition) is 4. The summed E-state index contributed by atoms with van der Waals surface area (Å²) in [6.45, 7) is 2.02. The Labute approximate surface area is 125 Å². The minimum Gasteiger partial charge on any atom is -0.385 e. The van der Waals surface area contributed by atoms with Gasteiger partial charge in [-0.25, -0.2) is 8.42 Å². The molecular formula is C15H21NO4S. The summed E-state index contributed by atoms with van der Waals surface area (Å²) in [5.41, 5.74) is -0.223. The minimum atomic E-state index is -3.05. The molecule has 0 bridgehead atoms. The lowest BCUT2D eigenvalue weighted by Crippen LogP contribution is -2.35. The highest BCUT2D eigenvalue weighted by molar-refractivity contribution is 7.91. The van der Waals surface area contributed by atoms with Gasteiger partial charge in [-0.3, -0.25) is 4.79 Å². The predicted octanol–water partition coefficient (Wildman–Crippen LogP) is 0.835. The smallest absolute Gasteiger partial charge is 0.224 e. The highest BCUT2D eigenvalue weighted by Crippen LogP contribution is 2.24. The molecule has 1 heterocycles. The van der Waals surface area contributed by atoms with Crippen molar-refractivity contribution in [2.24, 2.45) is 5.92 Å². The Balaban J connectivity index is 1.83. The third kappa shape index (κ3) is 4.28. The van der Waals surface area contributed by atoms with Gasteiger partial charge in [0.25, 0.3) is 0 Å². The van der Waals surface area contributed by atoms with Gasteiger partial charge in [0.2, 0.25) is 5.91 Å². The molecule has 116 valence electrons. The molecule has 0 radical (unpaired) electrons. The van der Waals surface area contributed by atoms with Gasteiger partial charge in [-0.05, 0) is 25.3 Å². The van der Waals surface area contributed by atoms with Crippen LogP contribution >= 0.6 is 0 Å². The van der Waals surface area contributed by atoms with E-state index < -0.39 is 21.4 Å². The number of carbonyl (C=O) groups is 1. The van der Waals surface area contributed by atoms with Crippen LogP contribution in [-0.2, 0) is 20.2 Å². The van der Waals surface area contributed by atoms with Gasteiger partial charge in [0.05, 0.1) is 23.0 Å². The molecule has 1 aliphatic rings. The molecule has 5 nitrogen and oxygen atoms in total. The minimum absolute atomic E-state index is 0.0616. The summed E-state index contributed by atoms with van der Waals surface area (Å²) in [6.07, 6.45) is 0.769. The van der Waals surface area contributed by atoms with Crippen molar-refractivity contribution < 1.29 is 18.3 Å². The van der Waals surface area contributed by atoms with Crippen LogP contribution in [0, 0.1) is 5.92 Å². The van der Waals surface area contributed by atoms with Crippen LogP contribution in [0.4, 0.5) is 0 Å². The lowest BCUT2D eigenvalue weighted by molar-refractivity contribution is -0.124. The zero-order valence-electron chi connectivity index (χ0n) is 12.1. The van der Waals surface area contributed by atoms with Gasteiger partial charge in [0.1, 0.15) is 0 Å². The number of rotatable bonds is 5. The fraction of sp³-hybridized carbons (Fsp3) is 0.533. The van der Waals surface area contributed by atoms with Crippen LogP contribution in [0.2, 0.25) is 0 Å². The first kappa shape index (κ1) is 16.0. The molecule has 2 rings (SSSR count). The van der Waals surface area contributed by atoms with Crippen LogP contribution < -0.4 is 5.32 Å². The van der Waals surface area contributed by atoms with Crippen LogP contribution in [0.1, 0.15) is 25.3 Å². The van der Waals surface area contributed by atoms with E-state index in [0.717, 1.165) is 5.56 Å². The summed E-state index contributed by atoms with van der Waals surface area (Å²) < 4.78 is 22.7. The van der Waals surface area contributed by atoms with Gasteiger partial charge in [-0.15, -0.1) is 0 Å². The quantitative estimate of drug-likeness (QED) is 0.844. The molecule has 0 aromatic heterocycles. The number of amides is 1. The second kappa shape index (κ2) is 6.15. The van der Waals surface area contributed by atoms with Gasteiger partial charge in [-0.2, -0.15) is 0 Å².